The van der Waals surface area contributed by atoms with Gasteiger partial charge in [0.15, 0.2) is 0 Å². The molecule has 0 spiro atoms. The number of amides is 1. The highest BCUT2D eigenvalue weighted by atomic mass is 16.3. The molecule has 2 heterocycles. The molecule has 2 aliphatic rings. The quantitative estimate of drug-likeness (QED) is 0.780. The molecule has 1 saturated carbocycles. The van der Waals surface area contributed by atoms with Gasteiger partial charge in [-0.3, -0.25) is 4.79 Å². The zero-order valence-corrected chi connectivity index (χ0v) is 8.48. The fraction of sp³-hybridized carbons (Fsp3) is 0.545. The van der Waals surface area contributed by atoms with Gasteiger partial charge in [-0.15, -0.1) is 0 Å². The molecule has 0 radical (unpaired) electrons. The van der Waals surface area contributed by atoms with Gasteiger partial charge in [0.25, 0.3) is 5.91 Å². The molecule has 2 N–H and O–H groups in total. The van der Waals surface area contributed by atoms with Crippen LogP contribution < -0.4 is 5.73 Å². The van der Waals surface area contributed by atoms with Crippen LogP contribution in [0.5, 0.6) is 0 Å². The van der Waals surface area contributed by atoms with E-state index in [9.17, 15) is 4.79 Å². The second kappa shape index (κ2) is 2.85. The molecule has 1 aliphatic carbocycles. The monoisotopic (exact) mass is 206 g/mol. The van der Waals surface area contributed by atoms with Crippen molar-refractivity contribution in [3.05, 3.63) is 24.2 Å². The zero-order valence-electron chi connectivity index (χ0n) is 8.48. The smallest absolute Gasteiger partial charge is 0.257 e. The van der Waals surface area contributed by atoms with Crippen LogP contribution in [0.1, 0.15) is 23.2 Å². The Morgan fingerprint density at radius 1 is 1.53 bits per heavy atom. The minimum Gasteiger partial charge on any atom is -0.472 e. The molecule has 2 fully saturated rings. The number of hydrogen-bond acceptors (Lipinski definition) is 3. The van der Waals surface area contributed by atoms with Gasteiger partial charge in [-0.2, -0.15) is 0 Å². The standard InChI is InChI=1S/C11H14N2O2/c12-11(9-1-2-9)6-13(7-11)10(14)8-3-4-15-5-8/h3-5,9H,1-2,6-7,12H2. The molecule has 1 aromatic heterocycles. The third kappa shape index (κ3) is 1.36. The Bertz CT molecular complexity index is 375. The first-order chi connectivity index (χ1) is 7.19. The first-order valence-electron chi connectivity index (χ1n) is 5.29. The number of nitrogens with two attached hydrogens (primary N) is 1. The van der Waals surface area contributed by atoms with Crippen molar-refractivity contribution in [2.75, 3.05) is 13.1 Å². The average Bonchev–Trinajstić information content (AvgIpc) is 2.89. The van der Waals surface area contributed by atoms with Crippen LogP contribution in [0.2, 0.25) is 0 Å². The van der Waals surface area contributed by atoms with Gasteiger partial charge in [0.05, 0.1) is 17.4 Å². The predicted octanol–water partition coefficient (Wildman–Crippen LogP) is 0.843. The molecule has 1 aliphatic heterocycles. The van der Waals surface area contributed by atoms with E-state index in [0.29, 0.717) is 24.6 Å². The van der Waals surface area contributed by atoms with Crippen LogP contribution >= 0.6 is 0 Å². The van der Waals surface area contributed by atoms with Gasteiger partial charge in [-0.05, 0) is 24.8 Å². The number of rotatable bonds is 2. The van der Waals surface area contributed by atoms with Crippen molar-refractivity contribution in [1.82, 2.24) is 4.90 Å². The lowest BCUT2D eigenvalue weighted by molar-refractivity contribution is 0.0350. The Morgan fingerprint density at radius 3 is 2.80 bits per heavy atom. The fourth-order valence-corrected chi connectivity index (χ4v) is 2.29. The molecule has 80 valence electrons. The van der Waals surface area contributed by atoms with Crippen molar-refractivity contribution in [2.24, 2.45) is 11.7 Å². The molecule has 1 aromatic rings. The van der Waals surface area contributed by atoms with Gasteiger partial charge in [0.1, 0.15) is 6.26 Å². The van der Waals surface area contributed by atoms with Crippen molar-refractivity contribution in [3.8, 4) is 0 Å². The largest absolute Gasteiger partial charge is 0.472 e. The number of hydrogen-bond donors (Lipinski definition) is 1. The van der Waals surface area contributed by atoms with Gasteiger partial charge >= 0.3 is 0 Å². The SMILES string of the molecule is NC1(C2CC2)CN(C(=O)c2ccoc2)C1. The lowest BCUT2D eigenvalue weighted by Gasteiger charge is -2.48. The second-order valence-corrected chi connectivity index (χ2v) is 4.68. The highest BCUT2D eigenvalue weighted by Crippen LogP contribution is 2.43. The van der Waals surface area contributed by atoms with E-state index >= 15 is 0 Å². The van der Waals surface area contributed by atoms with Gasteiger partial charge in [-0.1, -0.05) is 0 Å². The predicted molar refractivity (Wildman–Crippen MR) is 54.3 cm³/mol. The Labute approximate surface area is 88.0 Å². The molecular formula is C11H14N2O2. The van der Waals surface area contributed by atoms with Crippen LogP contribution in [-0.4, -0.2) is 29.4 Å². The number of carbonyl (C=O) groups is 1. The molecule has 4 nitrogen and oxygen atoms in total. The van der Waals surface area contributed by atoms with Crippen LogP contribution in [0, 0.1) is 5.92 Å². The summed E-state index contributed by atoms with van der Waals surface area (Å²) in [4.78, 5) is 13.6. The molecule has 3 rings (SSSR count). The summed E-state index contributed by atoms with van der Waals surface area (Å²) in [6.07, 6.45) is 5.45. The summed E-state index contributed by atoms with van der Waals surface area (Å²) in [5.41, 5.74) is 6.69. The van der Waals surface area contributed by atoms with Gasteiger partial charge in [-0.25, -0.2) is 0 Å². The maximum absolute atomic E-state index is 11.8. The second-order valence-electron chi connectivity index (χ2n) is 4.68. The van der Waals surface area contributed by atoms with E-state index in [-0.39, 0.29) is 11.4 Å². The molecule has 0 unspecified atom stereocenters. The van der Waals surface area contributed by atoms with Crippen molar-refractivity contribution in [1.29, 1.82) is 0 Å². The number of nitrogens with zero attached hydrogens (tertiary/aromatic N) is 1. The number of likely N-dealkylation sites (tertiary alicyclic amines) is 1. The minimum atomic E-state index is -0.0978. The highest BCUT2D eigenvalue weighted by Gasteiger charge is 2.51. The molecule has 1 amide bonds. The van der Waals surface area contributed by atoms with Crippen molar-refractivity contribution in [2.45, 2.75) is 18.4 Å². The molecule has 4 heteroatoms. The summed E-state index contributed by atoms with van der Waals surface area (Å²) in [6, 6.07) is 1.69. The van der Waals surface area contributed by atoms with Crippen molar-refractivity contribution in [3.63, 3.8) is 0 Å². The van der Waals surface area contributed by atoms with Gasteiger partial charge < -0.3 is 15.1 Å². The van der Waals surface area contributed by atoms with Crippen LogP contribution in [0.4, 0.5) is 0 Å². The molecular weight excluding hydrogens is 192 g/mol. The highest BCUT2D eigenvalue weighted by molar-refractivity contribution is 5.94. The summed E-state index contributed by atoms with van der Waals surface area (Å²) < 4.78 is 4.89. The van der Waals surface area contributed by atoms with Crippen LogP contribution in [0.3, 0.4) is 0 Å². The normalized spacial score (nSPS) is 23.7. The van der Waals surface area contributed by atoms with E-state index in [1.165, 1.54) is 25.4 Å². The lowest BCUT2D eigenvalue weighted by Crippen LogP contribution is -2.69. The van der Waals surface area contributed by atoms with E-state index in [2.05, 4.69) is 0 Å². The number of carbonyl (C=O) groups excluding carboxylic acids is 1. The van der Waals surface area contributed by atoms with E-state index < -0.39 is 0 Å². The van der Waals surface area contributed by atoms with Crippen molar-refractivity contribution < 1.29 is 9.21 Å². The van der Waals surface area contributed by atoms with Gasteiger partial charge in [0.2, 0.25) is 0 Å². The first kappa shape index (κ1) is 8.97. The Morgan fingerprint density at radius 2 is 2.27 bits per heavy atom. The zero-order chi connectivity index (χ0) is 10.5. The van der Waals surface area contributed by atoms with E-state index in [4.69, 9.17) is 10.2 Å². The van der Waals surface area contributed by atoms with E-state index in [1.54, 1.807) is 11.0 Å². The first-order valence-corrected chi connectivity index (χ1v) is 5.29. The molecule has 1 saturated heterocycles. The Kier molecular flexibility index (Phi) is 1.71. The van der Waals surface area contributed by atoms with E-state index in [1.807, 2.05) is 0 Å². The summed E-state index contributed by atoms with van der Waals surface area (Å²) in [5.74, 6) is 0.677. The maximum Gasteiger partial charge on any atom is 0.257 e. The summed E-state index contributed by atoms with van der Waals surface area (Å²) in [7, 11) is 0. The Hall–Kier alpha value is -1.29. The van der Waals surface area contributed by atoms with Gasteiger partial charge in [0, 0.05) is 13.1 Å². The van der Waals surface area contributed by atoms with Crippen LogP contribution in [-0.2, 0) is 0 Å². The topological polar surface area (TPSA) is 59.5 Å². The average molecular weight is 206 g/mol. The molecule has 0 atom stereocenters. The Balaban J connectivity index is 1.65. The molecule has 15 heavy (non-hydrogen) atoms. The number of furan rings is 1. The molecule has 0 aromatic carbocycles. The fourth-order valence-electron chi connectivity index (χ4n) is 2.29. The van der Waals surface area contributed by atoms with E-state index in [0.717, 1.165) is 0 Å². The van der Waals surface area contributed by atoms with Crippen LogP contribution in [0.15, 0.2) is 23.0 Å². The summed E-state index contributed by atoms with van der Waals surface area (Å²) >= 11 is 0. The third-order valence-electron chi connectivity index (χ3n) is 3.42. The molecule has 0 bridgehead atoms. The summed E-state index contributed by atoms with van der Waals surface area (Å²) in [5, 5.41) is 0. The maximum atomic E-state index is 11.8. The van der Waals surface area contributed by atoms with Crippen LogP contribution in [0.25, 0.3) is 0 Å². The lowest BCUT2D eigenvalue weighted by atomic mass is 9.85. The third-order valence-corrected chi connectivity index (χ3v) is 3.42. The summed E-state index contributed by atoms with van der Waals surface area (Å²) in [6.45, 7) is 1.39. The minimum absolute atomic E-state index is 0.0328. The van der Waals surface area contributed by atoms with Crippen molar-refractivity contribution >= 4 is 5.91 Å².